The average molecular weight is 398 g/mol. The van der Waals surface area contributed by atoms with Crippen LogP contribution < -0.4 is 5.32 Å². The maximum atomic E-state index is 12.4. The molecule has 0 radical (unpaired) electrons. The molecule has 0 spiro atoms. The van der Waals surface area contributed by atoms with Gasteiger partial charge < -0.3 is 0 Å². The van der Waals surface area contributed by atoms with E-state index in [1.807, 2.05) is 36.4 Å². The lowest BCUT2D eigenvalue weighted by Gasteiger charge is -2.18. The molecule has 0 aliphatic rings. The van der Waals surface area contributed by atoms with Crippen LogP contribution >= 0.6 is 23.1 Å². The number of anilines is 1. The van der Waals surface area contributed by atoms with Gasteiger partial charge in [0, 0.05) is 11.3 Å². The van der Waals surface area contributed by atoms with Gasteiger partial charge in [-0.25, -0.2) is 0 Å². The predicted octanol–water partition coefficient (Wildman–Crippen LogP) is 5.69. The average Bonchev–Trinajstić information content (AvgIpc) is 3.08. The summed E-state index contributed by atoms with van der Waals surface area (Å²) in [5, 5.41) is 11.6. The minimum Gasteiger partial charge on any atom is -0.296 e. The summed E-state index contributed by atoms with van der Waals surface area (Å²) >= 11 is 3.03. The molecular formula is C21H23N3OS2. The molecule has 0 fully saturated rings. The van der Waals surface area contributed by atoms with Crippen molar-refractivity contribution in [1.29, 1.82) is 0 Å². The number of aromatic nitrogens is 2. The third-order valence-corrected chi connectivity index (χ3v) is 6.27. The molecule has 0 saturated heterocycles. The van der Waals surface area contributed by atoms with Crippen molar-refractivity contribution in [2.45, 2.75) is 43.2 Å². The minimum absolute atomic E-state index is 0.0669. The number of benzene rings is 2. The third-order valence-electron chi connectivity index (χ3n) is 4.25. The second-order valence-corrected chi connectivity index (χ2v) is 9.57. The molecule has 2 aromatic carbocycles. The van der Waals surface area contributed by atoms with Crippen molar-refractivity contribution < 1.29 is 4.79 Å². The Morgan fingerprint density at radius 3 is 2.44 bits per heavy atom. The van der Waals surface area contributed by atoms with Gasteiger partial charge in [0.1, 0.15) is 0 Å². The normalized spacial score (nSPS) is 11.4. The lowest BCUT2D eigenvalue weighted by molar-refractivity contribution is 0.102. The Kier molecular flexibility index (Phi) is 5.97. The van der Waals surface area contributed by atoms with E-state index in [2.05, 4.69) is 55.3 Å². The van der Waals surface area contributed by atoms with Crippen molar-refractivity contribution in [3.63, 3.8) is 0 Å². The summed E-state index contributed by atoms with van der Waals surface area (Å²) in [6.07, 6.45) is 0. The number of thioether (sulfide) groups is 1. The third kappa shape index (κ3) is 5.17. The number of carbonyl (C=O) groups excluding carboxylic acids is 1. The highest BCUT2D eigenvalue weighted by molar-refractivity contribution is 8.00. The van der Waals surface area contributed by atoms with E-state index in [4.69, 9.17) is 0 Å². The maximum absolute atomic E-state index is 12.4. The molecule has 3 aromatic rings. The van der Waals surface area contributed by atoms with Crippen LogP contribution in [0, 0.1) is 6.92 Å². The van der Waals surface area contributed by atoms with Crippen molar-refractivity contribution in [2.24, 2.45) is 0 Å². The van der Waals surface area contributed by atoms with Crippen LogP contribution in [0.1, 0.15) is 47.8 Å². The molecule has 0 bridgehead atoms. The fourth-order valence-electron chi connectivity index (χ4n) is 2.52. The fourth-order valence-corrected chi connectivity index (χ4v) is 4.34. The van der Waals surface area contributed by atoms with Crippen molar-refractivity contribution in [1.82, 2.24) is 10.2 Å². The number of nitrogens with one attached hydrogen (secondary N) is 1. The van der Waals surface area contributed by atoms with Crippen LogP contribution in [-0.4, -0.2) is 16.1 Å². The fraction of sp³-hybridized carbons (Fsp3) is 0.286. The maximum Gasteiger partial charge on any atom is 0.257 e. The summed E-state index contributed by atoms with van der Waals surface area (Å²) in [5.41, 5.74) is 4.43. The van der Waals surface area contributed by atoms with E-state index < -0.39 is 0 Å². The molecule has 27 heavy (non-hydrogen) atoms. The van der Waals surface area contributed by atoms with Gasteiger partial charge in [0.2, 0.25) is 5.13 Å². The number of hydrogen-bond acceptors (Lipinski definition) is 5. The Bertz CT molecular complexity index is 927. The monoisotopic (exact) mass is 397 g/mol. The van der Waals surface area contributed by atoms with Gasteiger partial charge in [-0.2, -0.15) is 0 Å². The van der Waals surface area contributed by atoms with Gasteiger partial charge in [0.05, 0.1) is 0 Å². The van der Waals surface area contributed by atoms with Gasteiger partial charge in [-0.3, -0.25) is 10.1 Å². The van der Waals surface area contributed by atoms with Gasteiger partial charge in [-0.05, 0) is 41.2 Å². The zero-order valence-corrected chi connectivity index (χ0v) is 17.6. The van der Waals surface area contributed by atoms with Crippen LogP contribution in [0.2, 0.25) is 0 Å². The van der Waals surface area contributed by atoms with Gasteiger partial charge in [0.15, 0.2) is 4.34 Å². The lowest BCUT2D eigenvalue weighted by atomic mass is 9.87. The Labute approximate surface area is 168 Å². The van der Waals surface area contributed by atoms with E-state index in [0.717, 1.165) is 10.1 Å². The van der Waals surface area contributed by atoms with E-state index in [0.29, 0.717) is 10.7 Å². The van der Waals surface area contributed by atoms with Crippen LogP contribution in [0.5, 0.6) is 0 Å². The van der Waals surface area contributed by atoms with Crippen LogP contribution in [0.15, 0.2) is 52.9 Å². The van der Waals surface area contributed by atoms with Crippen molar-refractivity contribution in [3.05, 3.63) is 70.8 Å². The number of nitrogens with zero attached hydrogens (tertiary/aromatic N) is 2. The van der Waals surface area contributed by atoms with E-state index in [1.165, 1.54) is 28.0 Å². The van der Waals surface area contributed by atoms with Crippen LogP contribution in [0.3, 0.4) is 0 Å². The first-order valence-corrected chi connectivity index (χ1v) is 10.6. The molecule has 0 aliphatic heterocycles. The Balaban J connectivity index is 1.60. The number of amides is 1. The Morgan fingerprint density at radius 2 is 1.78 bits per heavy atom. The number of carbonyl (C=O) groups is 1. The molecule has 0 saturated carbocycles. The Morgan fingerprint density at radius 1 is 1.07 bits per heavy atom. The Hall–Kier alpha value is -2.18. The van der Waals surface area contributed by atoms with Gasteiger partial charge in [-0.15, -0.1) is 10.2 Å². The second-order valence-electron chi connectivity index (χ2n) is 7.37. The molecule has 6 heteroatoms. The quantitative estimate of drug-likeness (QED) is 0.444. The highest BCUT2D eigenvalue weighted by atomic mass is 32.2. The zero-order valence-electron chi connectivity index (χ0n) is 15.9. The molecule has 0 atom stereocenters. The molecule has 0 aliphatic carbocycles. The first-order valence-electron chi connectivity index (χ1n) is 8.75. The summed E-state index contributed by atoms with van der Waals surface area (Å²) in [6.45, 7) is 8.56. The zero-order chi connectivity index (χ0) is 19.4. The standard InChI is InChI=1S/C21H23N3OS2/c1-14-7-5-6-8-16(14)13-26-20-24-23-19(27-20)22-18(25)15-9-11-17(12-10-15)21(2,3)4/h5-12H,13H2,1-4H3,(H,22,23,25). The largest absolute Gasteiger partial charge is 0.296 e. The van der Waals surface area contributed by atoms with Crippen molar-refractivity contribution in [3.8, 4) is 0 Å². The SMILES string of the molecule is Cc1ccccc1CSc1nnc(NC(=O)c2ccc(C(C)(C)C)cc2)s1. The molecule has 1 heterocycles. The van der Waals surface area contributed by atoms with Gasteiger partial charge in [-0.1, -0.05) is 80.3 Å². The number of hydrogen-bond donors (Lipinski definition) is 1. The first kappa shape index (κ1) is 19.6. The summed E-state index contributed by atoms with van der Waals surface area (Å²) in [5.74, 6) is 0.672. The van der Waals surface area contributed by atoms with Crippen LogP contribution in [0.25, 0.3) is 0 Å². The molecule has 3 rings (SSSR count). The molecule has 1 amide bonds. The van der Waals surface area contributed by atoms with Crippen LogP contribution in [-0.2, 0) is 11.2 Å². The highest BCUT2D eigenvalue weighted by Gasteiger charge is 2.15. The molecule has 1 aromatic heterocycles. The highest BCUT2D eigenvalue weighted by Crippen LogP contribution is 2.29. The number of aryl methyl sites for hydroxylation is 1. The summed E-state index contributed by atoms with van der Waals surface area (Å²) in [6, 6.07) is 16.0. The molecule has 0 unspecified atom stereocenters. The van der Waals surface area contributed by atoms with E-state index in [9.17, 15) is 4.79 Å². The lowest BCUT2D eigenvalue weighted by Crippen LogP contribution is -2.14. The van der Waals surface area contributed by atoms with Crippen molar-refractivity contribution in [2.75, 3.05) is 5.32 Å². The van der Waals surface area contributed by atoms with Crippen LogP contribution in [0.4, 0.5) is 5.13 Å². The molecular weight excluding hydrogens is 374 g/mol. The summed E-state index contributed by atoms with van der Waals surface area (Å²) < 4.78 is 0.844. The number of rotatable bonds is 5. The minimum atomic E-state index is -0.165. The summed E-state index contributed by atoms with van der Waals surface area (Å²) in [4.78, 5) is 12.4. The second kappa shape index (κ2) is 8.23. The van der Waals surface area contributed by atoms with E-state index in [1.54, 1.807) is 11.8 Å². The van der Waals surface area contributed by atoms with E-state index in [-0.39, 0.29) is 11.3 Å². The topological polar surface area (TPSA) is 54.9 Å². The molecule has 1 N–H and O–H groups in total. The summed E-state index contributed by atoms with van der Waals surface area (Å²) in [7, 11) is 0. The smallest absolute Gasteiger partial charge is 0.257 e. The molecule has 4 nitrogen and oxygen atoms in total. The molecule has 140 valence electrons. The first-order chi connectivity index (χ1) is 12.8. The van der Waals surface area contributed by atoms with E-state index >= 15 is 0 Å². The van der Waals surface area contributed by atoms with Gasteiger partial charge >= 0.3 is 0 Å². The van der Waals surface area contributed by atoms with Crippen molar-refractivity contribution >= 4 is 34.1 Å². The predicted molar refractivity (Wildman–Crippen MR) is 114 cm³/mol. The van der Waals surface area contributed by atoms with Gasteiger partial charge in [0.25, 0.3) is 5.91 Å².